The Morgan fingerprint density at radius 3 is 2.79 bits per heavy atom. The molecule has 148 valence electrons. The van der Waals surface area contributed by atoms with E-state index in [1.807, 2.05) is 25.7 Å². The molecule has 1 fully saturated rings. The van der Waals surface area contributed by atoms with Crippen LogP contribution in [-0.4, -0.2) is 34.7 Å². The van der Waals surface area contributed by atoms with Crippen molar-refractivity contribution < 1.29 is 9.53 Å². The van der Waals surface area contributed by atoms with Gasteiger partial charge in [0.05, 0.1) is 10.7 Å². The van der Waals surface area contributed by atoms with Crippen molar-refractivity contribution in [1.82, 2.24) is 9.88 Å². The molecular weight excluding hydrogens is 370 g/mol. The first-order valence-electron chi connectivity index (χ1n) is 9.80. The van der Waals surface area contributed by atoms with Crippen LogP contribution in [0.4, 0.5) is 10.5 Å². The monoisotopic (exact) mass is 397 g/mol. The lowest BCUT2D eigenvalue weighted by Gasteiger charge is -2.32. The minimum atomic E-state index is -0.449. The fourth-order valence-corrected chi connectivity index (χ4v) is 4.73. The molecule has 1 aromatic heterocycles. The van der Waals surface area contributed by atoms with Gasteiger partial charge in [-0.1, -0.05) is 12.6 Å². The summed E-state index contributed by atoms with van der Waals surface area (Å²) in [5.41, 5.74) is 5.22. The Morgan fingerprint density at radius 1 is 1.32 bits per heavy atom. The van der Waals surface area contributed by atoms with Crippen LogP contribution in [-0.2, 0) is 11.2 Å². The Morgan fingerprint density at radius 2 is 2.07 bits per heavy atom. The summed E-state index contributed by atoms with van der Waals surface area (Å²) in [6.45, 7) is 11.2. The summed E-state index contributed by atoms with van der Waals surface area (Å²) in [5.74, 6) is 0.410. The van der Waals surface area contributed by atoms with Gasteiger partial charge < -0.3 is 15.0 Å². The van der Waals surface area contributed by atoms with E-state index in [1.165, 1.54) is 10.6 Å². The molecule has 28 heavy (non-hydrogen) atoms. The normalized spacial score (nSPS) is 17.4. The summed E-state index contributed by atoms with van der Waals surface area (Å²) < 4.78 is 5.49. The van der Waals surface area contributed by atoms with Crippen LogP contribution in [0.3, 0.4) is 0 Å². The second-order valence-corrected chi connectivity index (χ2v) is 9.48. The first-order chi connectivity index (χ1) is 13.3. The van der Waals surface area contributed by atoms with E-state index in [1.54, 1.807) is 11.3 Å². The van der Waals surface area contributed by atoms with Crippen LogP contribution in [0.2, 0.25) is 0 Å². The third-order valence-corrected chi connectivity index (χ3v) is 6.14. The van der Waals surface area contributed by atoms with Crippen LogP contribution in [0.15, 0.2) is 35.9 Å². The smallest absolute Gasteiger partial charge is 0.410 e. The number of rotatable bonds is 2. The number of hydrogen-bond acceptors (Lipinski definition) is 5. The number of piperidine rings is 1. The van der Waals surface area contributed by atoms with E-state index in [9.17, 15) is 4.79 Å². The second-order valence-electron chi connectivity index (χ2n) is 8.59. The number of hydrogen-bond donors (Lipinski definition) is 1. The lowest BCUT2D eigenvalue weighted by atomic mass is 9.98. The van der Waals surface area contributed by atoms with Gasteiger partial charge in [-0.2, -0.15) is 0 Å². The minimum absolute atomic E-state index is 0.209. The second kappa shape index (κ2) is 7.24. The van der Waals surface area contributed by atoms with Gasteiger partial charge in [0.1, 0.15) is 5.60 Å². The highest BCUT2D eigenvalue weighted by Gasteiger charge is 2.28. The molecule has 2 aromatic rings. The van der Waals surface area contributed by atoms with Gasteiger partial charge >= 0.3 is 6.09 Å². The molecular formula is C22H27N3O2S. The van der Waals surface area contributed by atoms with Crippen molar-refractivity contribution in [2.75, 3.05) is 18.4 Å². The molecule has 2 aliphatic rings. The van der Waals surface area contributed by atoms with E-state index in [-0.39, 0.29) is 6.09 Å². The summed E-state index contributed by atoms with van der Waals surface area (Å²) in [6.07, 6.45) is 2.53. The van der Waals surface area contributed by atoms with E-state index >= 15 is 0 Å². The Kier molecular flexibility index (Phi) is 4.91. The van der Waals surface area contributed by atoms with Gasteiger partial charge in [0, 0.05) is 47.8 Å². The molecule has 4 rings (SSSR count). The zero-order valence-corrected chi connectivity index (χ0v) is 17.6. The van der Waals surface area contributed by atoms with Gasteiger partial charge in [-0.05, 0) is 51.3 Å². The molecule has 0 atom stereocenters. The first kappa shape index (κ1) is 19.0. The zero-order valence-electron chi connectivity index (χ0n) is 16.7. The van der Waals surface area contributed by atoms with Crippen molar-refractivity contribution >= 4 is 23.1 Å². The quantitative estimate of drug-likeness (QED) is 0.736. The third kappa shape index (κ3) is 4.07. The first-order valence-corrected chi connectivity index (χ1v) is 10.7. The lowest BCUT2D eigenvalue weighted by Crippen LogP contribution is -2.41. The third-order valence-electron chi connectivity index (χ3n) is 5.13. The summed E-state index contributed by atoms with van der Waals surface area (Å²) in [4.78, 5) is 19.0. The number of nitrogens with zero attached hydrogens (tertiary/aromatic N) is 2. The van der Waals surface area contributed by atoms with Crippen LogP contribution in [0, 0.1) is 0 Å². The maximum Gasteiger partial charge on any atom is 0.410 e. The number of allylic oxidation sites excluding steroid dienone is 1. The molecule has 0 bridgehead atoms. The van der Waals surface area contributed by atoms with Crippen molar-refractivity contribution in [1.29, 1.82) is 0 Å². The van der Waals surface area contributed by atoms with Crippen LogP contribution in [0.1, 0.15) is 50.1 Å². The largest absolute Gasteiger partial charge is 0.444 e. The van der Waals surface area contributed by atoms with E-state index in [4.69, 9.17) is 9.72 Å². The fraction of sp³-hybridized carbons (Fsp3) is 0.455. The van der Waals surface area contributed by atoms with Gasteiger partial charge in [-0.15, -0.1) is 11.3 Å². The molecule has 2 aliphatic heterocycles. The summed E-state index contributed by atoms with van der Waals surface area (Å²) >= 11 is 1.73. The number of anilines is 1. The predicted molar refractivity (Wildman–Crippen MR) is 114 cm³/mol. The molecule has 0 spiro atoms. The number of thiazole rings is 1. The van der Waals surface area contributed by atoms with Crippen LogP contribution in [0.25, 0.3) is 11.3 Å². The number of carbonyl (C=O) groups is 1. The number of aromatic nitrogens is 1. The molecule has 0 unspecified atom stereocenters. The topological polar surface area (TPSA) is 54.5 Å². The highest BCUT2D eigenvalue weighted by Crippen LogP contribution is 2.35. The van der Waals surface area contributed by atoms with E-state index < -0.39 is 5.60 Å². The van der Waals surface area contributed by atoms with Crippen molar-refractivity contribution in [3.8, 4) is 11.3 Å². The van der Waals surface area contributed by atoms with Gasteiger partial charge in [0.25, 0.3) is 0 Å². The van der Waals surface area contributed by atoms with Gasteiger partial charge in [0.2, 0.25) is 0 Å². The van der Waals surface area contributed by atoms with Gasteiger partial charge in [-0.3, -0.25) is 0 Å². The fourth-order valence-electron chi connectivity index (χ4n) is 3.73. The van der Waals surface area contributed by atoms with Crippen molar-refractivity contribution in [3.63, 3.8) is 0 Å². The summed E-state index contributed by atoms with van der Waals surface area (Å²) in [6, 6.07) is 6.44. The molecule has 5 nitrogen and oxygen atoms in total. The standard InChI is InChI=1S/C22H27N3O2S/c1-14-11-17-12-16(5-6-18(17)23-14)19-13-28-20(24-19)15-7-9-25(10-8-15)21(26)27-22(2,3)4/h5-6,12-13,15,23H,1,7-11H2,2-4H3. The molecule has 1 aromatic carbocycles. The Labute approximate surface area is 170 Å². The molecule has 1 amide bonds. The summed E-state index contributed by atoms with van der Waals surface area (Å²) in [7, 11) is 0. The number of likely N-dealkylation sites (tertiary alicyclic amines) is 1. The molecule has 0 saturated carbocycles. The van der Waals surface area contributed by atoms with Crippen LogP contribution in [0.5, 0.6) is 0 Å². The van der Waals surface area contributed by atoms with Crippen molar-refractivity contribution in [3.05, 3.63) is 46.4 Å². The highest BCUT2D eigenvalue weighted by atomic mass is 32.1. The molecule has 6 heteroatoms. The average Bonchev–Trinajstić information content (AvgIpc) is 3.25. The molecule has 1 N–H and O–H groups in total. The molecule has 0 radical (unpaired) electrons. The van der Waals surface area contributed by atoms with Crippen LogP contribution < -0.4 is 5.32 Å². The Hall–Kier alpha value is -2.34. The summed E-state index contributed by atoms with van der Waals surface area (Å²) in [5, 5.41) is 6.62. The SMILES string of the molecule is C=C1Cc2cc(-c3csc(C4CCN(C(=O)OC(C)(C)C)CC4)n3)ccc2N1. The maximum atomic E-state index is 12.2. The van der Waals surface area contributed by atoms with E-state index in [0.717, 1.165) is 55.0 Å². The minimum Gasteiger partial charge on any atom is -0.444 e. The van der Waals surface area contributed by atoms with E-state index in [2.05, 4.69) is 35.5 Å². The van der Waals surface area contributed by atoms with Gasteiger partial charge in [0.15, 0.2) is 0 Å². The van der Waals surface area contributed by atoms with Crippen LogP contribution >= 0.6 is 11.3 Å². The molecule has 0 aliphatic carbocycles. The van der Waals surface area contributed by atoms with E-state index in [0.29, 0.717) is 5.92 Å². The van der Waals surface area contributed by atoms with Gasteiger partial charge in [-0.25, -0.2) is 9.78 Å². The zero-order chi connectivity index (χ0) is 19.9. The molecule has 3 heterocycles. The number of ether oxygens (including phenoxy) is 1. The Balaban J connectivity index is 1.40. The van der Waals surface area contributed by atoms with Crippen molar-refractivity contribution in [2.45, 2.75) is 51.6 Å². The maximum absolute atomic E-state index is 12.2. The van der Waals surface area contributed by atoms with Crippen molar-refractivity contribution in [2.24, 2.45) is 0 Å². The number of carbonyl (C=O) groups excluding carboxylic acids is 1. The molecule has 1 saturated heterocycles. The number of benzene rings is 1. The number of fused-ring (bicyclic) bond motifs is 1. The number of nitrogens with one attached hydrogen (secondary N) is 1. The average molecular weight is 398 g/mol. The predicted octanol–water partition coefficient (Wildman–Crippen LogP) is 5.41. The number of amides is 1. The highest BCUT2D eigenvalue weighted by molar-refractivity contribution is 7.10. The Bertz CT molecular complexity index is 905. The lowest BCUT2D eigenvalue weighted by molar-refractivity contribution is 0.0205.